The lowest BCUT2D eigenvalue weighted by Gasteiger charge is -2.20. The Morgan fingerprint density at radius 1 is 0.905 bits per heavy atom. The van der Waals surface area contributed by atoms with Crippen molar-refractivity contribution in [2.24, 2.45) is 0 Å². The lowest BCUT2D eigenvalue weighted by atomic mass is 10.3. The highest BCUT2D eigenvalue weighted by atomic mass is 32.2. The lowest BCUT2D eigenvalue weighted by Crippen LogP contribution is -2.29. The predicted molar refractivity (Wildman–Crippen MR) is 68.3 cm³/mol. The summed E-state index contributed by atoms with van der Waals surface area (Å²) in [6, 6.07) is 4.71. The molecule has 0 spiro atoms. The van der Waals surface area contributed by atoms with E-state index in [1.54, 1.807) is 0 Å². The normalized spacial score (nSPS) is 11.5. The summed E-state index contributed by atoms with van der Waals surface area (Å²) in [5.41, 5.74) is -0.529. The van der Waals surface area contributed by atoms with E-state index in [2.05, 4.69) is 0 Å². The molecule has 0 aromatic heterocycles. The van der Waals surface area contributed by atoms with Crippen molar-refractivity contribution in [3.8, 4) is 0 Å². The number of hydrogen-bond donors (Lipinski definition) is 0. The summed E-state index contributed by atoms with van der Waals surface area (Å²) < 4.78 is 78.4. The number of halogens is 4. The van der Waals surface area contributed by atoms with Crippen molar-refractivity contribution < 1.29 is 26.0 Å². The van der Waals surface area contributed by atoms with Crippen molar-refractivity contribution in [1.82, 2.24) is 0 Å². The van der Waals surface area contributed by atoms with Gasteiger partial charge in [-0.3, -0.25) is 4.31 Å². The van der Waals surface area contributed by atoms with Crippen LogP contribution in [0.5, 0.6) is 0 Å². The van der Waals surface area contributed by atoms with Crippen LogP contribution in [0, 0.1) is 23.3 Å². The summed E-state index contributed by atoms with van der Waals surface area (Å²) in [4.78, 5) is -1.20. The molecule has 0 saturated heterocycles. The first-order chi connectivity index (χ1) is 9.75. The molecule has 0 saturated carbocycles. The molecule has 0 fully saturated rings. The molecule has 0 radical (unpaired) electrons. The maximum Gasteiger partial charge on any atom is 0.270 e. The minimum atomic E-state index is -4.67. The van der Waals surface area contributed by atoms with E-state index < -0.39 is 43.9 Å². The van der Waals surface area contributed by atoms with Crippen LogP contribution in [0.1, 0.15) is 0 Å². The van der Waals surface area contributed by atoms with Gasteiger partial charge < -0.3 is 0 Å². The molecule has 112 valence electrons. The molecule has 2 rings (SSSR count). The van der Waals surface area contributed by atoms with Crippen molar-refractivity contribution in [3.63, 3.8) is 0 Å². The van der Waals surface area contributed by atoms with Crippen LogP contribution in [0.4, 0.5) is 23.2 Å². The molecule has 0 heterocycles. The van der Waals surface area contributed by atoms with Gasteiger partial charge in [0.15, 0.2) is 4.90 Å². The number of benzene rings is 2. The SMILES string of the molecule is CN(c1ccc(F)cc1F)S(=O)(=O)c1c(F)cccc1F. The van der Waals surface area contributed by atoms with E-state index in [1.807, 2.05) is 0 Å². The zero-order valence-corrected chi connectivity index (χ0v) is 11.5. The van der Waals surface area contributed by atoms with Crippen molar-refractivity contribution in [1.29, 1.82) is 0 Å². The summed E-state index contributed by atoms with van der Waals surface area (Å²) in [6.45, 7) is 0. The van der Waals surface area contributed by atoms with E-state index in [0.717, 1.165) is 37.4 Å². The fourth-order valence-corrected chi connectivity index (χ4v) is 3.04. The van der Waals surface area contributed by atoms with E-state index in [9.17, 15) is 26.0 Å². The third-order valence-electron chi connectivity index (χ3n) is 2.79. The largest absolute Gasteiger partial charge is 0.270 e. The number of sulfonamides is 1. The van der Waals surface area contributed by atoms with E-state index in [0.29, 0.717) is 10.4 Å². The van der Waals surface area contributed by atoms with Gasteiger partial charge in [0.05, 0.1) is 5.69 Å². The number of hydrogen-bond acceptors (Lipinski definition) is 2. The average Bonchev–Trinajstić information content (AvgIpc) is 2.37. The van der Waals surface area contributed by atoms with E-state index in [4.69, 9.17) is 0 Å². The van der Waals surface area contributed by atoms with Gasteiger partial charge in [-0.05, 0) is 24.3 Å². The molecule has 0 aliphatic carbocycles. The van der Waals surface area contributed by atoms with Crippen molar-refractivity contribution in [2.75, 3.05) is 11.4 Å². The molecule has 3 nitrogen and oxygen atoms in total. The van der Waals surface area contributed by atoms with Gasteiger partial charge in [0.1, 0.15) is 23.3 Å². The van der Waals surface area contributed by atoms with Crippen molar-refractivity contribution in [2.45, 2.75) is 4.90 Å². The Balaban J connectivity index is 2.58. The second-order valence-corrected chi connectivity index (χ2v) is 6.03. The van der Waals surface area contributed by atoms with Crippen LogP contribution in [-0.4, -0.2) is 15.5 Å². The molecule has 2 aromatic carbocycles. The summed E-state index contributed by atoms with van der Waals surface area (Å²) >= 11 is 0. The number of anilines is 1. The number of nitrogens with zero attached hydrogens (tertiary/aromatic N) is 1. The third kappa shape index (κ3) is 2.71. The Bertz CT molecular complexity index is 773. The van der Waals surface area contributed by atoms with Gasteiger partial charge in [-0.1, -0.05) is 6.07 Å². The summed E-state index contributed by atoms with van der Waals surface area (Å²) in [6.07, 6.45) is 0. The summed E-state index contributed by atoms with van der Waals surface area (Å²) in [5.74, 6) is -4.68. The van der Waals surface area contributed by atoms with Crippen LogP contribution in [0.25, 0.3) is 0 Å². The van der Waals surface area contributed by atoms with Crippen molar-refractivity contribution in [3.05, 3.63) is 59.7 Å². The van der Waals surface area contributed by atoms with Crippen LogP contribution >= 0.6 is 0 Å². The molecule has 0 atom stereocenters. The van der Waals surface area contributed by atoms with Gasteiger partial charge in [-0.2, -0.15) is 0 Å². The van der Waals surface area contributed by atoms with E-state index in [1.165, 1.54) is 0 Å². The number of rotatable bonds is 3. The first kappa shape index (κ1) is 15.3. The summed E-state index contributed by atoms with van der Waals surface area (Å²) in [7, 11) is -3.75. The molecular formula is C13H9F4NO2S. The first-order valence-electron chi connectivity index (χ1n) is 5.63. The standard InChI is InChI=1S/C13H9F4NO2S/c1-18(12-6-5-8(14)7-11(12)17)21(19,20)13-9(15)3-2-4-10(13)16/h2-7H,1H3. The highest BCUT2D eigenvalue weighted by molar-refractivity contribution is 7.92. The van der Waals surface area contributed by atoms with Crippen LogP contribution in [-0.2, 0) is 10.0 Å². The molecule has 0 unspecified atom stereocenters. The highest BCUT2D eigenvalue weighted by Gasteiger charge is 2.30. The van der Waals surface area contributed by atoms with Gasteiger partial charge in [-0.15, -0.1) is 0 Å². The smallest absolute Gasteiger partial charge is 0.266 e. The van der Waals surface area contributed by atoms with Crippen molar-refractivity contribution >= 4 is 15.7 Å². The van der Waals surface area contributed by atoms with Crippen LogP contribution in [0.2, 0.25) is 0 Å². The molecule has 0 N–H and O–H groups in total. The van der Waals surface area contributed by atoms with E-state index >= 15 is 0 Å². The summed E-state index contributed by atoms with van der Waals surface area (Å²) in [5, 5.41) is 0. The minimum Gasteiger partial charge on any atom is -0.266 e. The first-order valence-corrected chi connectivity index (χ1v) is 7.07. The van der Waals surface area contributed by atoms with Crippen LogP contribution < -0.4 is 4.31 Å². The quantitative estimate of drug-likeness (QED) is 0.816. The Hall–Kier alpha value is -2.09. The fourth-order valence-electron chi connectivity index (χ4n) is 1.73. The minimum absolute atomic E-state index is 0.350. The van der Waals surface area contributed by atoms with Gasteiger partial charge in [0.2, 0.25) is 0 Å². The molecule has 21 heavy (non-hydrogen) atoms. The van der Waals surface area contributed by atoms with Gasteiger partial charge in [-0.25, -0.2) is 26.0 Å². The van der Waals surface area contributed by atoms with Gasteiger partial charge in [0.25, 0.3) is 10.0 Å². The zero-order chi connectivity index (χ0) is 15.8. The molecule has 0 aliphatic rings. The zero-order valence-electron chi connectivity index (χ0n) is 10.6. The van der Waals surface area contributed by atoms with Gasteiger partial charge >= 0.3 is 0 Å². The molecule has 0 bridgehead atoms. The second kappa shape index (κ2) is 5.36. The molecule has 2 aromatic rings. The Morgan fingerprint density at radius 2 is 1.48 bits per heavy atom. The van der Waals surface area contributed by atoms with Crippen LogP contribution in [0.3, 0.4) is 0 Å². The Morgan fingerprint density at radius 3 is 2.00 bits per heavy atom. The van der Waals surface area contributed by atoms with E-state index in [-0.39, 0.29) is 0 Å². The monoisotopic (exact) mass is 319 g/mol. The molecule has 8 heteroatoms. The topological polar surface area (TPSA) is 37.4 Å². The maximum absolute atomic E-state index is 13.6. The molecular weight excluding hydrogens is 310 g/mol. The predicted octanol–water partition coefficient (Wildman–Crippen LogP) is 3.07. The fraction of sp³-hybridized carbons (Fsp3) is 0.0769. The highest BCUT2D eigenvalue weighted by Crippen LogP contribution is 2.28. The third-order valence-corrected chi connectivity index (χ3v) is 4.61. The van der Waals surface area contributed by atoms with Gasteiger partial charge in [0, 0.05) is 13.1 Å². The second-order valence-electron chi connectivity index (χ2n) is 4.12. The molecule has 0 amide bonds. The maximum atomic E-state index is 13.6. The average molecular weight is 319 g/mol. The lowest BCUT2D eigenvalue weighted by molar-refractivity contribution is 0.517. The molecule has 0 aliphatic heterocycles. The van der Waals surface area contributed by atoms with Crippen LogP contribution in [0.15, 0.2) is 41.3 Å². The Kier molecular flexibility index (Phi) is 3.91. The Labute approximate surface area is 118 Å².